The highest BCUT2D eigenvalue weighted by atomic mass is 35.5. The molecule has 0 fully saturated rings. The van der Waals surface area contributed by atoms with Crippen LogP contribution in [0.5, 0.6) is 0 Å². The Kier molecular flexibility index (Phi) is 4.06. The minimum Gasteiger partial charge on any atom is -0.304 e. The summed E-state index contributed by atoms with van der Waals surface area (Å²) in [6.07, 6.45) is 0.735. The van der Waals surface area contributed by atoms with Gasteiger partial charge in [0.05, 0.1) is 0 Å². The Balaban J connectivity index is 1.46. The average molecular weight is 393 g/mol. The first-order chi connectivity index (χ1) is 13.2. The van der Waals surface area contributed by atoms with E-state index >= 15 is 0 Å². The molecule has 27 heavy (non-hydrogen) atoms. The predicted molar refractivity (Wildman–Crippen MR) is 111 cm³/mol. The zero-order chi connectivity index (χ0) is 18.4. The number of nitrogens with zero attached hydrogens (tertiary/aromatic N) is 3. The van der Waals surface area contributed by atoms with E-state index in [1.54, 1.807) is 11.8 Å². The van der Waals surface area contributed by atoms with Crippen molar-refractivity contribution in [1.82, 2.24) is 14.9 Å². The summed E-state index contributed by atoms with van der Waals surface area (Å²) in [6.45, 7) is 2.10. The van der Waals surface area contributed by atoms with Gasteiger partial charge in [-0.1, -0.05) is 77.5 Å². The molecule has 4 aromatic rings. The number of aromatic nitrogens is 3. The Morgan fingerprint density at radius 1 is 1.04 bits per heavy atom. The number of halogens is 1. The summed E-state index contributed by atoms with van der Waals surface area (Å²) in [5.41, 5.74) is 7.03. The van der Waals surface area contributed by atoms with Crippen molar-refractivity contribution in [3.63, 3.8) is 0 Å². The summed E-state index contributed by atoms with van der Waals surface area (Å²) in [5.74, 6) is 0.902. The summed E-state index contributed by atoms with van der Waals surface area (Å²) < 4.78 is 1.99. The van der Waals surface area contributed by atoms with Gasteiger partial charge in [0, 0.05) is 17.0 Å². The van der Waals surface area contributed by atoms with E-state index in [1.165, 1.54) is 16.5 Å². The molecule has 0 saturated carbocycles. The van der Waals surface area contributed by atoms with Gasteiger partial charge >= 0.3 is 0 Å². The lowest BCUT2D eigenvalue weighted by Gasteiger charge is -2.15. The monoisotopic (exact) mass is 392 g/mol. The van der Waals surface area contributed by atoms with Gasteiger partial charge in [-0.15, -0.1) is 10.2 Å². The van der Waals surface area contributed by atoms with E-state index in [4.69, 9.17) is 11.6 Å². The molecule has 1 unspecified atom stereocenters. The van der Waals surface area contributed by atoms with E-state index in [-0.39, 0.29) is 5.37 Å². The van der Waals surface area contributed by atoms with E-state index in [0.717, 1.165) is 33.4 Å². The predicted octanol–water partition coefficient (Wildman–Crippen LogP) is 5.33. The number of hydrogen-bond acceptors (Lipinski definition) is 4. The fourth-order valence-electron chi connectivity index (χ4n) is 3.39. The summed E-state index contributed by atoms with van der Waals surface area (Å²) >= 11 is 8.25. The molecule has 1 N–H and O–H groups in total. The van der Waals surface area contributed by atoms with Crippen LogP contribution < -0.4 is 5.43 Å². The average Bonchev–Trinajstić information content (AvgIpc) is 3.24. The van der Waals surface area contributed by atoms with Crippen LogP contribution in [-0.4, -0.2) is 14.9 Å². The highest BCUT2D eigenvalue weighted by Gasteiger charge is 2.29. The zero-order valence-electron chi connectivity index (χ0n) is 14.7. The quantitative estimate of drug-likeness (QED) is 0.511. The van der Waals surface area contributed by atoms with E-state index in [9.17, 15) is 0 Å². The van der Waals surface area contributed by atoms with Gasteiger partial charge in [-0.05, 0) is 35.4 Å². The van der Waals surface area contributed by atoms with Crippen molar-refractivity contribution in [3.05, 3.63) is 88.2 Å². The third kappa shape index (κ3) is 3.07. The molecule has 2 heterocycles. The number of fused-ring (bicyclic) bond motifs is 2. The molecule has 1 aliphatic heterocycles. The topological polar surface area (TPSA) is 42.7 Å². The van der Waals surface area contributed by atoms with Gasteiger partial charge in [0.1, 0.15) is 5.37 Å². The number of aryl methyl sites for hydroxylation is 1. The van der Waals surface area contributed by atoms with E-state index < -0.39 is 0 Å². The first-order valence-corrected chi connectivity index (χ1v) is 10.0. The number of benzene rings is 3. The van der Waals surface area contributed by atoms with Crippen LogP contribution in [-0.2, 0) is 6.42 Å². The van der Waals surface area contributed by atoms with Crippen LogP contribution in [0.4, 0.5) is 0 Å². The van der Waals surface area contributed by atoms with E-state index in [1.807, 2.05) is 28.9 Å². The number of thioether (sulfide) groups is 1. The molecule has 134 valence electrons. The van der Waals surface area contributed by atoms with Crippen LogP contribution in [0.15, 0.2) is 65.8 Å². The van der Waals surface area contributed by atoms with E-state index in [2.05, 4.69) is 58.9 Å². The fraction of sp³-hybridized carbons (Fsp3) is 0.143. The summed E-state index contributed by atoms with van der Waals surface area (Å²) in [6, 6.07) is 20.9. The van der Waals surface area contributed by atoms with Crippen LogP contribution in [0, 0.1) is 6.92 Å². The van der Waals surface area contributed by atoms with Crippen molar-refractivity contribution in [2.45, 2.75) is 23.9 Å². The Morgan fingerprint density at radius 3 is 2.74 bits per heavy atom. The van der Waals surface area contributed by atoms with Crippen molar-refractivity contribution >= 4 is 34.1 Å². The van der Waals surface area contributed by atoms with Crippen molar-refractivity contribution in [2.24, 2.45) is 0 Å². The highest BCUT2D eigenvalue weighted by Crippen LogP contribution is 2.42. The maximum absolute atomic E-state index is 6.60. The zero-order valence-corrected chi connectivity index (χ0v) is 16.3. The normalized spacial score (nSPS) is 15.7. The Hall–Kier alpha value is -2.50. The van der Waals surface area contributed by atoms with Crippen LogP contribution >= 0.6 is 23.4 Å². The third-order valence-corrected chi connectivity index (χ3v) is 6.17. The van der Waals surface area contributed by atoms with Crippen molar-refractivity contribution < 1.29 is 0 Å². The molecule has 0 radical (unpaired) electrons. The van der Waals surface area contributed by atoms with Crippen LogP contribution in [0.2, 0.25) is 5.02 Å². The van der Waals surface area contributed by atoms with Crippen LogP contribution in [0.1, 0.15) is 27.9 Å². The van der Waals surface area contributed by atoms with Gasteiger partial charge in [-0.25, -0.2) is 4.68 Å². The molecule has 0 amide bonds. The molecule has 4 nitrogen and oxygen atoms in total. The fourth-order valence-corrected chi connectivity index (χ4v) is 4.78. The van der Waals surface area contributed by atoms with Gasteiger partial charge in [0.2, 0.25) is 5.16 Å². The lowest BCUT2D eigenvalue weighted by atomic mass is 10.0. The van der Waals surface area contributed by atoms with E-state index in [0.29, 0.717) is 0 Å². The van der Waals surface area contributed by atoms with Gasteiger partial charge in [0.15, 0.2) is 5.82 Å². The largest absolute Gasteiger partial charge is 0.304 e. The number of hydrogen-bond donors (Lipinski definition) is 1. The number of nitrogens with one attached hydrogen (secondary N) is 1. The second-order valence-electron chi connectivity index (χ2n) is 6.75. The molecule has 0 bridgehead atoms. The van der Waals surface area contributed by atoms with Crippen LogP contribution in [0.25, 0.3) is 10.8 Å². The van der Waals surface area contributed by atoms with Crippen LogP contribution in [0.3, 0.4) is 0 Å². The molecule has 0 saturated heterocycles. The maximum atomic E-state index is 6.60. The molecule has 5 rings (SSSR count). The molecule has 6 heteroatoms. The second-order valence-corrected chi connectivity index (χ2v) is 8.23. The lowest BCUT2D eigenvalue weighted by Crippen LogP contribution is -2.16. The third-order valence-electron chi connectivity index (χ3n) is 4.77. The smallest absolute Gasteiger partial charge is 0.212 e. The van der Waals surface area contributed by atoms with Gasteiger partial charge in [0.25, 0.3) is 0 Å². The van der Waals surface area contributed by atoms with Gasteiger partial charge in [-0.2, -0.15) is 0 Å². The molecule has 0 spiro atoms. The highest BCUT2D eigenvalue weighted by molar-refractivity contribution is 7.99. The van der Waals surface area contributed by atoms with Crippen molar-refractivity contribution in [1.29, 1.82) is 0 Å². The first kappa shape index (κ1) is 16.7. The lowest BCUT2D eigenvalue weighted by molar-refractivity contribution is 0.747. The van der Waals surface area contributed by atoms with Crippen molar-refractivity contribution in [3.8, 4) is 0 Å². The van der Waals surface area contributed by atoms with Gasteiger partial charge < -0.3 is 5.43 Å². The maximum Gasteiger partial charge on any atom is 0.212 e. The second kappa shape index (κ2) is 6.59. The Bertz CT molecular complexity index is 1140. The summed E-state index contributed by atoms with van der Waals surface area (Å²) in [5, 5.41) is 12.7. The summed E-state index contributed by atoms with van der Waals surface area (Å²) in [7, 11) is 0. The molecular formula is C21H17ClN4S. The summed E-state index contributed by atoms with van der Waals surface area (Å²) in [4.78, 5) is 0. The molecule has 3 aromatic carbocycles. The first-order valence-electron chi connectivity index (χ1n) is 8.78. The standard InChI is InChI=1S/C21H17ClN4S/c1-13-7-8-15-12-18(22)17(11-16(15)9-13)20-25-26-19(23-24-21(26)27-20)10-14-5-3-2-4-6-14/h2-9,11-12,20,25H,10H2,1H3. The Labute approximate surface area is 166 Å². The molecule has 1 aliphatic rings. The minimum absolute atomic E-state index is 0.0161. The van der Waals surface area contributed by atoms with Crippen molar-refractivity contribution in [2.75, 3.05) is 5.43 Å². The molecule has 1 aromatic heterocycles. The molecular weight excluding hydrogens is 376 g/mol. The SMILES string of the molecule is Cc1ccc2cc(Cl)c(C3Nn4c(Cc5ccccc5)nnc4S3)cc2c1. The number of rotatable bonds is 3. The molecule has 0 aliphatic carbocycles. The minimum atomic E-state index is 0.0161. The van der Waals surface area contributed by atoms with Gasteiger partial charge in [-0.3, -0.25) is 0 Å². The Morgan fingerprint density at radius 2 is 1.89 bits per heavy atom. The molecule has 1 atom stereocenters.